The molecule has 8 nitrogen and oxygen atoms in total. The number of aromatic nitrogens is 2. The highest BCUT2D eigenvalue weighted by atomic mass is 32.1. The van der Waals surface area contributed by atoms with Crippen LogP contribution in [-0.4, -0.2) is 41.4 Å². The van der Waals surface area contributed by atoms with Crippen molar-refractivity contribution in [3.63, 3.8) is 0 Å². The summed E-state index contributed by atoms with van der Waals surface area (Å²) in [6.45, 7) is 2.25. The molecule has 184 valence electrons. The first kappa shape index (κ1) is 23.6. The zero-order chi connectivity index (χ0) is 25.3. The van der Waals surface area contributed by atoms with E-state index in [0.717, 1.165) is 16.2 Å². The number of hydrogen-bond donors (Lipinski definition) is 1. The maximum absolute atomic E-state index is 14.0. The van der Waals surface area contributed by atoms with Crippen molar-refractivity contribution < 1.29 is 19.1 Å². The van der Waals surface area contributed by atoms with E-state index in [9.17, 15) is 9.59 Å². The lowest BCUT2D eigenvalue weighted by molar-refractivity contribution is -0.126. The van der Waals surface area contributed by atoms with E-state index >= 15 is 0 Å². The van der Waals surface area contributed by atoms with Gasteiger partial charge in [0.15, 0.2) is 0 Å². The van der Waals surface area contributed by atoms with Crippen LogP contribution in [0.15, 0.2) is 72.1 Å². The summed E-state index contributed by atoms with van der Waals surface area (Å²) in [7, 11) is 3.16. The molecule has 0 bridgehead atoms. The van der Waals surface area contributed by atoms with Gasteiger partial charge in [-0.3, -0.25) is 19.2 Å². The SMILES string of the molecule is COc1ccc(CNC(=O)C2(C)Cn3nc(-c4cccs4)cc3C(=O)N2c2ccccc2OC)cc1. The van der Waals surface area contributed by atoms with E-state index in [1.165, 1.54) is 4.90 Å². The molecule has 0 saturated heterocycles. The van der Waals surface area contributed by atoms with Gasteiger partial charge in [-0.25, -0.2) is 0 Å². The number of methoxy groups -OCH3 is 2. The van der Waals surface area contributed by atoms with Gasteiger partial charge in [0.25, 0.3) is 5.91 Å². The van der Waals surface area contributed by atoms with Crippen molar-refractivity contribution in [2.24, 2.45) is 0 Å². The van der Waals surface area contributed by atoms with Crippen molar-refractivity contribution in [3.05, 3.63) is 83.4 Å². The standard InChI is InChI=1S/C27H26N4O4S/c1-27(26(33)28-16-18-10-12-19(34-2)13-11-18)17-30-22(15-20(29-30)24-9-6-14-36-24)25(32)31(27)21-7-4-5-8-23(21)35-3/h4-15H,16-17H2,1-3H3,(H,28,33). The maximum atomic E-state index is 14.0. The number of rotatable bonds is 7. The first-order chi connectivity index (χ1) is 17.4. The molecule has 2 aromatic carbocycles. The number of thiophene rings is 1. The van der Waals surface area contributed by atoms with Gasteiger partial charge in [-0.2, -0.15) is 5.10 Å². The third kappa shape index (κ3) is 4.11. The van der Waals surface area contributed by atoms with E-state index in [2.05, 4.69) is 10.4 Å². The number of benzene rings is 2. The Morgan fingerprint density at radius 2 is 1.86 bits per heavy atom. The van der Waals surface area contributed by atoms with Gasteiger partial charge < -0.3 is 14.8 Å². The second-order valence-corrected chi connectivity index (χ2v) is 9.61. The van der Waals surface area contributed by atoms with Gasteiger partial charge in [-0.05, 0) is 54.3 Å². The maximum Gasteiger partial charge on any atom is 0.277 e. The van der Waals surface area contributed by atoms with Gasteiger partial charge in [-0.15, -0.1) is 11.3 Å². The third-order valence-corrected chi connectivity index (χ3v) is 7.25. The molecule has 3 heterocycles. The number of para-hydroxylation sites is 2. The summed E-state index contributed by atoms with van der Waals surface area (Å²) < 4.78 is 12.4. The van der Waals surface area contributed by atoms with Crippen molar-refractivity contribution in [2.75, 3.05) is 19.1 Å². The highest BCUT2D eigenvalue weighted by Gasteiger charge is 2.49. The lowest BCUT2D eigenvalue weighted by Gasteiger charge is -2.43. The number of nitrogens with zero attached hydrogens (tertiary/aromatic N) is 3. The smallest absolute Gasteiger partial charge is 0.277 e. The van der Waals surface area contributed by atoms with Crippen LogP contribution in [0.3, 0.4) is 0 Å². The number of anilines is 1. The minimum Gasteiger partial charge on any atom is -0.497 e. The number of nitrogens with one attached hydrogen (secondary N) is 1. The number of amides is 2. The van der Waals surface area contributed by atoms with Gasteiger partial charge in [0.1, 0.15) is 28.4 Å². The van der Waals surface area contributed by atoms with Crippen molar-refractivity contribution in [1.29, 1.82) is 0 Å². The molecule has 1 aliphatic rings. The Morgan fingerprint density at radius 1 is 1.08 bits per heavy atom. The van der Waals surface area contributed by atoms with Gasteiger partial charge in [0, 0.05) is 6.54 Å². The van der Waals surface area contributed by atoms with E-state index in [4.69, 9.17) is 9.47 Å². The van der Waals surface area contributed by atoms with Crippen LogP contribution in [0.25, 0.3) is 10.6 Å². The van der Waals surface area contributed by atoms with E-state index in [0.29, 0.717) is 29.4 Å². The van der Waals surface area contributed by atoms with E-state index in [-0.39, 0.29) is 18.4 Å². The summed E-state index contributed by atoms with van der Waals surface area (Å²) in [4.78, 5) is 30.2. The average Bonchev–Trinajstić information content (AvgIpc) is 3.58. The van der Waals surface area contributed by atoms with Gasteiger partial charge in [0.05, 0.1) is 31.3 Å². The van der Waals surface area contributed by atoms with Crippen LogP contribution in [0, 0.1) is 0 Å². The molecule has 0 saturated carbocycles. The molecular formula is C27H26N4O4S. The number of carbonyl (C=O) groups excluding carboxylic acids is 2. The van der Waals surface area contributed by atoms with Crippen molar-refractivity contribution in [1.82, 2.24) is 15.1 Å². The average molecular weight is 503 g/mol. The van der Waals surface area contributed by atoms with Crippen LogP contribution in [0.2, 0.25) is 0 Å². The molecule has 1 aliphatic heterocycles. The van der Waals surface area contributed by atoms with Crippen molar-refractivity contribution in [3.8, 4) is 22.1 Å². The van der Waals surface area contributed by atoms with Gasteiger partial charge in [-0.1, -0.05) is 30.3 Å². The Kier molecular flexibility index (Phi) is 6.24. The lowest BCUT2D eigenvalue weighted by Crippen LogP contribution is -2.64. The van der Waals surface area contributed by atoms with Crippen LogP contribution >= 0.6 is 11.3 Å². The zero-order valence-electron chi connectivity index (χ0n) is 20.2. The molecule has 5 rings (SSSR count). The highest BCUT2D eigenvalue weighted by Crippen LogP contribution is 2.39. The minimum absolute atomic E-state index is 0.186. The molecule has 36 heavy (non-hydrogen) atoms. The van der Waals surface area contributed by atoms with Crippen LogP contribution in [-0.2, 0) is 17.9 Å². The Balaban J connectivity index is 1.53. The highest BCUT2D eigenvalue weighted by molar-refractivity contribution is 7.13. The molecular weight excluding hydrogens is 476 g/mol. The number of ether oxygens (including phenoxy) is 2. The third-order valence-electron chi connectivity index (χ3n) is 6.35. The normalized spacial score (nSPS) is 17.0. The number of carbonyl (C=O) groups is 2. The van der Waals surface area contributed by atoms with Crippen LogP contribution in [0.5, 0.6) is 11.5 Å². The Labute approximate surface area is 213 Å². The van der Waals surface area contributed by atoms with Gasteiger partial charge in [0.2, 0.25) is 5.91 Å². The van der Waals surface area contributed by atoms with Gasteiger partial charge >= 0.3 is 0 Å². The Hall–Kier alpha value is -4.11. The quantitative estimate of drug-likeness (QED) is 0.406. The molecule has 0 radical (unpaired) electrons. The fourth-order valence-electron chi connectivity index (χ4n) is 4.43. The second kappa shape index (κ2) is 9.50. The topological polar surface area (TPSA) is 85.7 Å². The molecule has 9 heteroatoms. The number of hydrogen-bond acceptors (Lipinski definition) is 6. The summed E-state index contributed by atoms with van der Waals surface area (Å²) in [5.74, 6) is 0.635. The lowest BCUT2D eigenvalue weighted by atomic mass is 9.93. The van der Waals surface area contributed by atoms with E-state index < -0.39 is 5.54 Å². The molecule has 2 amide bonds. The molecule has 1 unspecified atom stereocenters. The minimum atomic E-state index is -1.26. The first-order valence-electron chi connectivity index (χ1n) is 11.4. The fourth-order valence-corrected chi connectivity index (χ4v) is 5.12. The summed E-state index contributed by atoms with van der Waals surface area (Å²) in [5.41, 5.74) is 1.31. The second-order valence-electron chi connectivity index (χ2n) is 8.67. The molecule has 4 aromatic rings. The molecule has 0 aliphatic carbocycles. The van der Waals surface area contributed by atoms with Crippen LogP contribution in [0.1, 0.15) is 23.0 Å². The zero-order valence-corrected chi connectivity index (χ0v) is 21.0. The molecule has 2 aromatic heterocycles. The summed E-state index contributed by atoms with van der Waals surface area (Å²) >= 11 is 1.55. The van der Waals surface area contributed by atoms with E-state index in [1.807, 2.05) is 53.9 Å². The molecule has 0 spiro atoms. The van der Waals surface area contributed by atoms with Crippen LogP contribution in [0.4, 0.5) is 5.69 Å². The first-order valence-corrected chi connectivity index (χ1v) is 12.3. The fraction of sp³-hybridized carbons (Fsp3) is 0.222. The number of fused-ring (bicyclic) bond motifs is 1. The predicted octanol–water partition coefficient (Wildman–Crippen LogP) is 4.36. The summed E-state index contributed by atoms with van der Waals surface area (Å²) in [6, 6.07) is 20.4. The summed E-state index contributed by atoms with van der Waals surface area (Å²) in [5, 5.41) is 9.67. The molecule has 0 fully saturated rings. The van der Waals surface area contributed by atoms with Crippen molar-refractivity contribution >= 4 is 28.8 Å². The molecule has 1 N–H and O–H groups in total. The predicted molar refractivity (Wildman–Crippen MR) is 139 cm³/mol. The van der Waals surface area contributed by atoms with Crippen molar-refractivity contribution in [2.45, 2.75) is 25.6 Å². The summed E-state index contributed by atoms with van der Waals surface area (Å²) in [6.07, 6.45) is 0. The Bertz CT molecular complexity index is 1400. The Morgan fingerprint density at radius 3 is 2.56 bits per heavy atom. The van der Waals surface area contributed by atoms with Crippen LogP contribution < -0.4 is 19.7 Å². The molecule has 1 atom stereocenters. The largest absolute Gasteiger partial charge is 0.497 e. The monoisotopic (exact) mass is 502 g/mol. The van der Waals surface area contributed by atoms with E-state index in [1.54, 1.807) is 55.4 Å².